The summed E-state index contributed by atoms with van der Waals surface area (Å²) in [5, 5.41) is 11.2. The van der Waals surface area contributed by atoms with Crippen LogP contribution >= 0.6 is 11.6 Å². The number of pyridine rings is 1. The SMILES string of the molecule is COc1ccc(Cl)c(/C(O)=C2\C(=O)C(=O)N(c3ccc(F)cc3F)C2c2cccnc2)c1. The number of benzene rings is 2. The van der Waals surface area contributed by atoms with Gasteiger partial charge in [0.15, 0.2) is 0 Å². The number of aromatic nitrogens is 1. The molecule has 1 amide bonds. The van der Waals surface area contributed by atoms with E-state index in [1.807, 2.05) is 0 Å². The molecule has 0 saturated carbocycles. The van der Waals surface area contributed by atoms with E-state index in [1.165, 1.54) is 31.6 Å². The topological polar surface area (TPSA) is 79.7 Å². The van der Waals surface area contributed by atoms with Gasteiger partial charge in [-0.2, -0.15) is 0 Å². The number of nitrogens with zero attached hydrogens (tertiary/aromatic N) is 2. The maximum atomic E-state index is 14.6. The van der Waals surface area contributed by atoms with Crippen LogP contribution in [-0.4, -0.2) is 28.9 Å². The number of anilines is 1. The van der Waals surface area contributed by atoms with Crippen molar-refractivity contribution in [1.29, 1.82) is 0 Å². The fraction of sp³-hybridized carbons (Fsp3) is 0.0870. The van der Waals surface area contributed by atoms with E-state index in [9.17, 15) is 23.5 Å². The standard InChI is InChI=1S/C23H15ClF2N2O4/c1-32-14-5-6-16(24)15(10-14)21(29)19-20(12-3-2-8-27-11-12)28(23(31)22(19)30)18-7-4-13(25)9-17(18)26/h2-11,20,29H,1H3/b21-19+. The molecule has 0 spiro atoms. The lowest BCUT2D eigenvalue weighted by atomic mass is 9.96. The zero-order chi connectivity index (χ0) is 23.0. The summed E-state index contributed by atoms with van der Waals surface area (Å²) in [5.74, 6) is -4.24. The molecule has 0 radical (unpaired) electrons. The van der Waals surface area contributed by atoms with Gasteiger partial charge in [-0.05, 0) is 42.0 Å². The van der Waals surface area contributed by atoms with Gasteiger partial charge in [-0.3, -0.25) is 19.5 Å². The Morgan fingerprint density at radius 1 is 1.16 bits per heavy atom. The molecule has 0 bridgehead atoms. The molecule has 1 saturated heterocycles. The molecular weight excluding hydrogens is 442 g/mol. The third-order valence-corrected chi connectivity index (χ3v) is 5.37. The summed E-state index contributed by atoms with van der Waals surface area (Å²) >= 11 is 6.23. The van der Waals surface area contributed by atoms with Crippen LogP contribution in [0.25, 0.3) is 5.76 Å². The predicted octanol–water partition coefficient (Wildman–Crippen LogP) is 4.65. The van der Waals surface area contributed by atoms with Gasteiger partial charge in [0.25, 0.3) is 11.7 Å². The number of Topliss-reactive ketones (excluding diaryl/α,β-unsaturated/α-hetero) is 1. The number of aliphatic hydroxyl groups is 1. The second-order valence-corrected chi connectivity index (χ2v) is 7.30. The molecule has 1 atom stereocenters. The smallest absolute Gasteiger partial charge is 0.300 e. The van der Waals surface area contributed by atoms with Gasteiger partial charge in [-0.15, -0.1) is 0 Å². The summed E-state index contributed by atoms with van der Waals surface area (Å²) in [4.78, 5) is 30.9. The minimum atomic E-state index is -1.23. The normalized spacial score (nSPS) is 17.6. The van der Waals surface area contributed by atoms with Gasteiger partial charge >= 0.3 is 0 Å². The summed E-state index contributed by atoms with van der Waals surface area (Å²) in [5.41, 5.74) is -0.256. The molecule has 2 heterocycles. The van der Waals surface area contributed by atoms with E-state index < -0.39 is 35.1 Å². The zero-order valence-corrected chi connectivity index (χ0v) is 17.3. The first-order valence-corrected chi connectivity index (χ1v) is 9.71. The number of methoxy groups -OCH3 is 1. The third-order valence-electron chi connectivity index (χ3n) is 5.04. The molecule has 1 aromatic heterocycles. The molecule has 9 heteroatoms. The second kappa shape index (κ2) is 8.39. The largest absolute Gasteiger partial charge is 0.507 e. The fourth-order valence-electron chi connectivity index (χ4n) is 3.57. The van der Waals surface area contributed by atoms with Crippen LogP contribution in [0.1, 0.15) is 17.2 Å². The van der Waals surface area contributed by atoms with Crippen LogP contribution in [0.3, 0.4) is 0 Å². The monoisotopic (exact) mass is 456 g/mol. The highest BCUT2D eigenvalue weighted by atomic mass is 35.5. The lowest BCUT2D eigenvalue weighted by Gasteiger charge is -2.25. The van der Waals surface area contributed by atoms with Crippen LogP contribution in [-0.2, 0) is 9.59 Å². The number of hydrogen-bond donors (Lipinski definition) is 1. The van der Waals surface area contributed by atoms with E-state index in [-0.39, 0.29) is 21.8 Å². The van der Waals surface area contributed by atoms with Gasteiger partial charge < -0.3 is 9.84 Å². The molecule has 3 aromatic rings. The van der Waals surface area contributed by atoms with Crippen molar-refractivity contribution < 1.29 is 28.2 Å². The molecule has 4 rings (SSSR count). The Balaban J connectivity index is 1.99. The van der Waals surface area contributed by atoms with E-state index in [4.69, 9.17) is 16.3 Å². The Kier molecular flexibility index (Phi) is 5.63. The molecule has 1 fully saturated rings. The van der Waals surface area contributed by atoms with Crippen molar-refractivity contribution in [2.45, 2.75) is 6.04 Å². The number of carbonyl (C=O) groups excluding carboxylic acids is 2. The number of halogens is 3. The van der Waals surface area contributed by atoms with Crippen LogP contribution in [0.2, 0.25) is 5.02 Å². The Bertz CT molecular complexity index is 1260. The van der Waals surface area contributed by atoms with Crippen molar-refractivity contribution in [1.82, 2.24) is 4.98 Å². The molecular formula is C23H15ClF2N2O4. The van der Waals surface area contributed by atoms with Crippen molar-refractivity contribution >= 4 is 34.7 Å². The number of aliphatic hydroxyl groups excluding tert-OH is 1. The van der Waals surface area contributed by atoms with Crippen molar-refractivity contribution in [3.8, 4) is 5.75 Å². The molecule has 1 aliphatic rings. The van der Waals surface area contributed by atoms with Crippen molar-refractivity contribution in [2.75, 3.05) is 12.0 Å². The summed E-state index contributed by atoms with van der Waals surface area (Å²) in [6.07, 6.45) is 2.86. The number of carbonyl (C=O) groups is 2. The quantitative estimate of drug-likeness (QED) is 0.351. The predicted molar refractivity (Wildman–Crippen MR) is 113 cm³/mol. The van der Waals surface area contributed by atoms with Crippen LogP contribution in [0.15, 0.2) is 66.5 Å². The van der Waals surface area contributed by atoms with E-state index >= 15 is 0 Å². The molecule has 1 unspecified atom stereocenters. The first-order chi connectivity index (χ1) is 15.3. The summed E-state index contributed by atoms with van der Waals surface area (Å²) in [6.45, 7) is 0. The lowest BCUT2D eigenvalue weighted by Crippen LogP contribution is -2.30. The summed E-state index contributed by atoms with van der Waals surface area (Å²) in [7, 11) is 1.42. The van der Waals surface area contributed by atoms with E-state index in [1.54, 1.807) is 18.2 Å². The first-order valence-electron chi connectivity index (χ1n) is 9.33. The van der Waals surface area contributed by atoms with Crippen molar-refractivity contribution in [2.24, 2.45) is 0 Å². The molecule has 32 heavy (non-hydrogen) atoms. The van der Waals surface area contributed by atoms with E-state index in [0.717, 1.165) is 17.0 Å². The Morgan fingerprint density at radius 2 is 1.94 bits per heavy atom. The zero-order valence-electron chi connectivity index (χ0n) is 16.6. The number of hydrogen-bond acceptors (Lipinski definition) is 5. The number of amides is 1. The van der Waals surface area contributed by atoms with Gasteiger partial charge in [0, 0.05) is 24.0 Å². The van der Waals surface area contributed by atoms with Gasteiger partial charge in [0.1, 0.15) is 23.1 Å². The molecule has 6 nitrogen and oxygen atoms in total. The van der Waals surface area contributed by atoms with Gasteiger partial charge in [0.2, 0.25) is 0 Å². The Labute approximate surface area is 186 Å². The minimum Gasteiger partial charge on any atom is -0.507 e. The number of ether oxygens (including phenoxy) is 1. The van der Waals surface area contributed by atoms with Crippen LogP contribution < -0.4 is 9.64 Å². The highest BCUT2D eigenvalue weighted by Crippen LogP contribution is 2.43. The van der Waals surface area contributed by atoms with Gasteiger partial charge in [0.05, 0.1) is 29.4 Å². The van der Waals surface area contributed by atoms with Crippen molar-refractivity contribution in [3.05, 3.63) is 94.3 Å². The van der Waals surface area contributed by atoms with Gasteiger partial charge in [-0.25, -0.2) is 8.78 Å². The summed E-state index contributed by atoms with van der Waals surface area (Å²) in [6, 6.07) is 8.96. The maximum absolute atomic E-state index is 14.6. The third kappa shape index (κ3) is 3.58. The van der Waals surface area contributed by atoms with Crippen LogP contribution in [0.5, 0.6) is 5.75 Å². The molecule has 1 N–H and O–H groups in total. The Morgan fingerprint density at radius 3 is 2.59 bits per heavy atom. The summed E-state index contributed by atoms with van der Waals surface area (Å²) < 4.78 is 33.3. The maximum Gasteiger partial charge on any atom is 0.300 e. The first kappa shape index (κ1) is 21.5. The second-order valence-electron chi connectivity index (χ2n) is 6.90. The van der Waals surface area contributed by atoms with Crippen LogP contribution in [0.4, 0.5) is 14.5 Å². The highest BCUT2D eigenvalue weighted by Gasteiger charge is 2.48. The molecule has 1 aliphatic heterocycles. The highest BCUT2D eigenvalue weighted by molar-refractivity contribution is 6.52. The average Bonchev–Trinajstić information content (AvgIpc) is 3.05. The minimum absolute atomic E-state index is 0.0532. The van der Waals surface area contributed by atoms with Crippen molar-refractivity contribution in [3.63, 3.8) is 0 Å². The van der Waals surface area contributed by atoms with Gasteiger partial charge in [-0.1, -0.05) is 17.7 Å². The molecule has 162 valence electrons. The van der Waals surface area contributed by atoms with E-state index in [2.05, 4.69) is 4.98 Å². The fourth-order valence-corrected chi connectivity index (χ4v) is 3.78. The number of ketones is 1. The Hall–Kier alpha value is -3.78. The lowest BCUT2D eigenvalue weighted by molar-refractivity contribution is -0.132. The molecule has 2 aromatic carbocycles. The number of rotatable bonds is 4. The average molecular weight is 457 g/mol. The van der Waals surface area contributed by atoms with Crippen LogP contribution in [0, 0.1) is 11.6 Å². The van der Waals surface area contributed by atoms with E-state index in [0.29, 0.717) is 17.4 Å². The molecule has 0 aliphatic carbocycles.